The van der Waals surface area contributed by atoms with Crippen molar-refractivity contribution in [3.8, 4) is 0 Å². The van der Waals surface area contributed by atoms with E-state index in [1.54, 1.807) is 0 Å². The van der Waals surface area contributed by atoms with Gasteiger partial charge in [0.25, 0.3) is 0 Å². The lowest BCUT2D eigenvalue weighted by Crippen LogP contribution is -2.49. The van der Waals surface area contributed by atoms with Crippen LogP contribution in [-0.4, -0.2) is 53.3 Å². The SMILES string of the molecule is CCC1CN(CC(=O)NC(C(C)=O)C(C)C)CCS1. The van der Waals surface area contributed by atoms with E-state index in [2.05, 4.69) is 17.1 Å². The number of carbonyl (C=O) groups excluding carboxylic acids is 2. The lowest BCUT2D eigenvalue weighted by Gasteiger charge is -2.31. The van der Waals surface area contributed by atoms with Crippen molar-refractivity contribution >= 4 is 23.5 Å². The molecule has 1 aliphatic heterocycles. The van der Waals surface area contributed by atoms with Crippen LogP contribution in [0, 0.1) is 5.92 Å². The molecule has 1 N–H and O–H groups in total. The number of thioether (sulfide) groups is 1. The Hall–Kier alpha value is -0.550. The summed E-state index contributed by atoms with van der Waals surface area (Å²) in [4.78, 5) is 25.7. The van der Waals surface area contributed by atoms with E-state index >= 15 is 0 Å². The molecule has 1 rings (SSSR count). The Morgan fingerprint density at radius 3 is 2.63 bits per heavy atom. The zero-order valence-electron chi connectivity index (χ0n) is 12.4. The Kier molecular flexibility index (Phi) is 6.86. The van der Waals surface area contributed by atoms with E-state index in [1.165, 1.54) is 6.92 Å². The van der Waals surface area contributed by atoms with Crippen molar-refractivity contribution in [2.45, 2.75) is 45.4 Å². The maximum atomic E-state index is 12.0. The third-order valence-electron chi connectivity index (χ3n) is 3.47. The molecule has 0 bridgehead atoms. The van der Waals surface area contributed by atoms with Crippen LogP contribution in [0.5, 0.6) is 0 Å². The predicted molar refractivity (Wildman–Crippen MR) is 80.4 cm³/mol. The Labute approximate surface area is 120 Å². The number of nitrogens with one attached hydrogen (secondary N) is 1. The van der Waals surface area contributed by atoms with Crippen LogP contribution in [0.3, 0.4) is 0 Å². The summed E-state index contributed by atoms with van der Waals surface area (Å²) >= 11 is 1.99. The molecule has 1 aliphatic rings. The van der Waals surface area contributed by atoms with E-state index in [1.807, 2.05) is 25.6 Å². The normalized spacial score (nSPS) is 22.3. The van der Waals surface area contributed by atoms with Crippen LogP contribution in [-0.2, 0) is 9.59 Å². The molecule has 0 aromatic rings. The molecule has 1 fully saturated rings. The van der Waals surface area contributed by atoms with Crippen LogP contribution in [0.15, 0.2) is 0 Å². The summed E-state index contributed by atoms with van der Waals surface area (Å²) in [7, 11) is 0. The molecule has 4 nitrogen and oxygen atoms in total. The van der Waals surface area contributed by atoms with Crippen LogP contribution in [0.1, 0.15) is 34.1 Å². The Bertz CT molecular complexity index is 321. The zero-order chi connectivity index (χ0) is 14.4. The first kappa shape index (κ1) is 16.5. The van der Waals surface area contributed by atoms with Gasteiger partial charge in [0.2, 0.25) is 5.91 Å². The highest BCUT2D eigenvalue weighted by Gasteiger charge is 2.24. The van der Waals surface area contributed by atoms with Gasteiger partial charge in [-0.15, -0.1) is 0 Å². The smallest absolute Gasteiger partial charge is 0.234 e. The van der Waals surface area contributed by atoms with E-state index in [0.717, 1.165) is 25.3 Å². The Balaban J connectivity index is 2.43. The number of Topliss-reactive ketones (excluding diaryl/α,β-unsaturated/α-hetero) is 1. The lowest BCUT2D eigenvalue weighted by atomic mass is 10.0. The average Bonchev–Trinajstić information content (AvgIpc) is 2.35. The maximum Gasteiger partial charge on any atom is 0.234 e. The van der Waals surface area contributed by atoms with Gasteiger partial charge in [0.1, 0.15) is 0 Å². The van der Waals surface area contributed by atoms with Gasteiger partial charge < -0.3 is 5.32 Å². The molecular weight excluding hydrogens is 260 g/mol. The summed E-state index contributed by atoms with van der Waals surface area (Å²) < 4.78 is 0. The van der Waals surface area contributed by atoms with Gasteiger partial charge in [-0.2, -0.15) is 11.8 Å². The monoisotopic (exact) mass is 286 g/mol. The van der Waals surface area contributed by atoms with E-state index in [4.69, 9.17) is 0 Å². The molecule has 0 aliphatic carbocycles. The van der Waals surface area contributed by atoms with Crippen molar-refractivity contribution in [3.63, 3.8) is 0 Å². The first-order valence-corrected chi connectivity index (χ1v) is 8.12. The second-order valence-corrected chi connectivity index (χ2v) is 6.94. The minimum Gasteiger partial charge on any atom is -0.345 e. The molecule has 5 heteroatoms. The summed E-state index contributed by atoms with van der Waals surface area (Å²) in [5.74, 6) is 1.23. The summed E-state index contributed by atoms with van der Waals surface area (Å²) in [6, 6.07) is -0.353. The van der Waals surface area contributed by atoms with Crippen LogP contribution in [0.2, 0.25) is 0 Å². The van der Waals surface area contributed by atoms with Gasteiger partial charge in [-0.05, 0) is 19.3 Å². The number of amides is 1. The fraction of sp³-hybridized carbons (Fsp3) is 0.857. The van der Waals surface area contributed by atoms with E-state index in [-0.39, 0.29) is 23.7 Å². The highest BCUT2D eigenvalue weighted by molar-refractivity contribution is 8.00. The highest BCUT2D eigenvalue weighted by atomic mass is 32.2. The van der Waals surface area contributed by atoms with Crippen molar-refractivity contribution in [2.24, 2.45) is 5.92 Å². The molecule has 2 atom stereocenters. The Morgan fingerprint density at radius 1 is 1.42 bits per heavy atom. The average molecular weight is 286 g/mol. The standard InChI is InChI=1S/C14H26N2O2S/c1-5-12-8-16(6-7-19-12)9-13(18)15-14(10(2)3)11(4)17/h10,12,14H,5-9H2,1-4H3,(H,15,18). The summed E-state index contributed by atoms with van der Waals surface area (Å²) in [5.41, 5.74) is 0. The molecule has 0 radical (unpaired) electrons. The minimum atomic E-state index is -0.353. The van der Waals surface area contributed by atoms with Gasteiger partial charge in [-0.1, -0.05) is 20.8 Å². The number of carbonyl (C=O) groups is 2. The second kappa shape index (κ2) is 7.90. The largest absolute Gasteiger partial charge is 0.345 e. The van der Waals surface area contributed by atoms with Gasteiger partial charge in [0, 0.05) is 24.1 Å². The molecule has 110 valence electrons. The third kappa shape index (κ3) is 5.53. The number of hydrogen-bond donors (Lipinski definition) is 1. The van der Waals surface area contributed by atoms with Gasteiger partial charge >= 0.3 is 0 Å². The van der Waals surface area contributed by atoms with Gasteiger partial charge in [0.15, 0.2) is 5.78 Å². The van der Waals surface area contributed by atoms with Crippen LogP contribution in [0.4, 0.5) is 0 Å². The lowest BCUT2D eigenvalue weighted by molar-refractivity contribution is -0.128. The van der Waals surface area contributed by atoms with E-state index in [9.17, 15) is 9.59 Å². The number of ketones is 1. The highest BCUT2D eigenvalue weighted by Crippen LogP contribution is 2.20. The fourth-order valence-electron chi connectivity index (χ4n) is 2.33. The van der Waals surface area contributed by atoms with Crippen LogP contribution >= 0.6 is 11.8 Å². The summed E-state index contributed by atoms with van der Waals surface area (Å²) in [5, 5.41) is 3.49. The Morgan fingerprint density at radius 2 is 2.11 bits per heavy atom. The predicted octanol–water partition coefficient (Wildman–Crippen LogP) is 1.54. The topological polar surface area (TPSA) is 49.4 Å². The minimum absolute atomic E-state index is 0.0315. The summed E-state index contributed by atoms with van der Waals surface area (Å²) in [6.45, 7) is 9.98. The molecule has 19 heavy (non-hydrogen) atoms. The summed E-state index contributed by atoms with van der Waals surface area (Å²) in [6.07, 6.45) is 1.14. The van der Waals surface area contributed by atoms with E-state index < -0.39 is 0 Å². The van der Waals surface area contributed by atoms with Crippen LogP contribution in [0.25, 0.3) is 0 Å². The molecule has 0 saturated carbocycles. The molecule has 1 saturated heterocycles. The quantitative estimate of drug-likeness (QED) is 0.805. The molecule has 1 heterocycles. The molecule has 1 amide bonds. The molecular formula is C14H26N2O2S. The second-order valence-electron chi connectivity index (χ2n) is 5.54. The first-order chi connectivity index (χ1) is 8.93. The van der Waals surface area contributed by atoms with Gasteiger partial charge in [-0.3, -0.25) is 14.5 Å². The van der Waals surface area contributed by atoms with Gasteiger partial charge in [0.05, 0.1) is 12.6 Å². The molecule has 0 aromatic heterocycles. The van der Waals surface area contributed by atoms with Crippen molar-refractivity contribution in [1.82, 2.24) is 10.2 Å². The first-order valence-electron chi connectivity index (χ1n) is 7.07. The fourth-order valence-corrected chi connectivity index (χ4v) is 3.58. The van der Waals surface area contributed by atoms with Crippen molar-refractivity contribution in [3.05, 3.63) is 0 Å². The number of hydrogen-bond acceptors (Lipinski definition) is 4. The zero-order valence-corrected chi connectivity index (χ0v) is 13.3. The van der Waals surface area contributed by atoms with Gasteiger partial charge in [-0.25, -0.2) is 0 Å². The molecule has 0 aromatic carbocycles. The molecule has 2 unspecified atom stereocenters. The maximum absolute atomic E-state index is 12.0. The van der Waals surface area contributed by atoms with Crippen molar-refractivity contribution in [1.29, 1.82) is 0 Å². The van der Waals surface area contributed by atoms with Crippen molar-refractivity contribution in [2.75, 3.05) is 25.4 Å². The van der Waals surface area contributed by atoms with Crippen LogP contribution < -0.4 is 5.32 Å². The van der Waals surface area contributed by atoms with Crippen molar-refractivity contribution < 1.29 is 9.59 Å². The number of nitrogens with zero attached hydrogens (tertiary/aromatic N) is 1. The third-order valence-corrected chi connectivity index (χ3v) is 4.84. The number of rotatable bonds is 6. The van der Waals surface area contributed by atoms with E-state index in [0.29, 0.717) is 11.8 Å². The molecule has 0 spiro atoms.